The molecule has 9 nitrogen and oxygen atoms in total. The lowest BCUT2D eigenvalue weighted by Gasteiger charge is -2.23. The zero-order valence-corrected chi connectivity index (χ0v) is 22.0. The lowest BCUT2D eigenvalue weighted by atomic mass is 10.1. The fourth-order valence-corrected chi connectivity index (χ4v) is 3.49. The zero-order chi connectivity index (χ0) is 28.7. The van der Waals surface area contributed by atoms with Gasteiger partial charge in [0.05, 0.1) is 6.54 Å². The molecule has 1 unspecified atom stereocenters. The number of benzene rings is 2. The van der Waals surface area contributed by atoms with Crippen molar-refractivity contribution in [1.29, 1.82) is 0 Å². The van der Waals surface area contributed by atoms with E-state index in [1.54, 1.807) is 31.2 Å². The Morgan fingerprint density at radius 3 is 2.21 bits per heavy atom. The molecule has 39 heavy (non-hydrogen) atoms. The summed E-state index contributed by atoms with van der Waals surface area (Å²) in [6.45, 7) is 5.92. The Hall–Kier alpha value is -3.51. The predicted molar refractivity (Wildman–Crippen MR) is 138 cm³/mol. The van der Waals surface area contributed by atoms with E-state index in [1.807, 2.05) is 6.92 Å². The highest BCUT2D eigenvalue weighted by molar-refractivity contribution is 5.89. The standard InChI is InChI=1S/C27H35F3N2O7/c1-3-16-36-17-5-14-32(26(35)31-21-8-12-23(13-9-21)39-27(28,29)30)15-18-38-22-10-6-20(7-11-22)19-24(25(33)34)37-4-2/h6-13,24H,3-5,14-19H2,1-2H3,(H,31,35)(H,33,34). The van der Waals surface area contributed by atoms with Crippen molar-refractivity contribution in [2.24, 2.45) is 0 Å². The van der Waals surface area contributed by atoms with Crippen LogP contribution in [0.5, 0.6) is 11.5 Å². The van der Waals surface area contributed by atoms with E-state index in [2.05, 4.69) is 10.1 Å². The van der Waals surface area contributed by atoms with Gasteiger partial charge in [-0.25, -0.2) is 9.59 Å². The minimum atomic E-state index is -4.80. The normalized spacial score (nSPS) is 12.0. The molecule has 0 bridgehead atoms. The van der Waals surface area contributed by atoms with Crippen molar-refractivity contribution in [3.63, 3.8) is 0 Å². The molecule has 0 saturated carbocycles. The van der Waals surface area contributed by atoms with Crippen LogP contribution in [0.3, 0.4) is 0 Å². The van der Waals surface area contributed by atoms with Gasteiger partial charge in [0.25, 0.3) is 0 Å². The first-order valence-electron chi connectivity index (χ1n) is 12.7. The first-order chi connectivity index (χ1) is 18.6. The summed E-state index contributed by atoms with van der Waals surface area (Å²) in [5, 5.41) is 11.9. The van der Waals surface area contributed by atoms with Crippen molar-refractivity contribution < 1.29 is 46.8 Å². The maximum absolute atomic E-state index is 12.9. The number of hydrogen-bond donors (Lipinski definition) is 2. The zero-order valence-electron chi connectivity index (χ0n) is 22.0. The number of carboxylic acids is 1. The van der Waals surface area contributed by atoms with E-state index >= 15 is 0 Å². The number of nitrogens with one attached hydrogen (secondary N) is 1. The number of carboxylic acid groups (broad SMARTS) is 1. The molecule has 0 spiro atoms. The van der Waals surface area contributed by atoms with Crippen molar-refractivity contribution in [2.45, 2.75) is 45.6 Å². The average Bonchev–Trinajstić information content (AvgIpc) is 2.88. The molecular weight excluding hydrogens is 521 g/mol. The third-order valence-corrected chi connectivity index (χ3v) is 5.31. The number of urea groups is 1. The van der Waals surface area contributed by atoms with Crippen LogP contribution in [0.1, 0.15) is 32.3 Å². The van der Waals surface area contributed by atoms with Crippen LogP contribution in [0.15, 0.2) is 48.5 Å². The van der Waals surface area contributed by atoms with Gasteiger partial charge in [0.2, 0.25) is 0 Å². The summed E-state index contributed by atoms with van der Waals surface area (Å²) >= 11 is 0. The van der Waals surface area contributed by atoms with Crippen LogP contribution < -0.4 is 14.8 Å². The summed E-state index contributed by atoms with van der Waals surface area (Å²) in [7, 11) is 0. The monoisotopic (exact) mass is 556 g/mol. The lowest BCUT2D eigenvalue weighted by molar-refractivity contribution is -0.274. The molecule has 2 aromatic rings. The maximum atomic E-state index is 12.9. The molecule has 0 aromatic heterocycles. The Balaban J connectivity index is 1.93. The van der Waals surface area contributed by atoms with Gasteiger partial charge in [-0.05, 0) is 61.7 Å². The largest absolute Gasteiger partial charge is 0.573 e. The van der Waals surface area contributed by atoms with Crippen molar-refractivity contribution in [2.75, 3.05) is 44.8 Å². The highest BCUT2D eigenvalue weighted by Crippen LogP contribution is 2.24. The number of hydrogen-bond acceptors (Lipinski definition) is 6. The highest BCUT2D eigenvalue weighted by Gasteiger charge is 2.31. The van der Waals surface area contributed by atoms with E-state index in [1.165, 1.54) is 17.0 Å². The van der Waals surface area contributed by atoms with Crippen LogP contribution in [-0.2, 0) is 20.7 Å². The van der Waals surface area contributed by atoms with Gasteiger partial charge >= 0.3 is 18.4 Å². The third-order valence-electron chi connectivity index (χ3n) is 5.31. The van der Waals surface area contributed by atoms with Crippen molar-refractivity contribution >= 4 is 17.7 Å². The summed E-state index contributed by atoms with van der Waals surface area (Å²) in [6.07, 6.45) is -4.03. The molecule has 216 valence electrons. The Labute approximate surface area is 225 Å². The first kappa shape index (κ1) is 31.7. The van der Waals surface area contributed by atoms with E-state index in [0.29, 0.717) is 44.2 Å². The molecular formula is C27H35F3N2O7. The van der Waals surface area contributed by atoms with Crippen LogP contribution in [0, 0.1) is 0 Å². The number of alkyl halides is 3. The number of nitrogens with zero attached hydrogens (tertiary/aromatic N) is 1. The Morgan fingerprint density at radius 2 is 1.62 bits per heavy atom. The number of rotatable bonds is 17. The quantitative estimate of drug-likeness (QED) is 0.253. The van der Waals surface area contributed by atoms with Crippen molar-refractivity contribution in [3.05, 3.63) is 54.1 Å². The molecule has 0 aliphatic carbocycles. The molecule has 0 aliphatic rings. The molecule has 2 N–H and O–H groups in total. The average molecular weight is 557 g/mol. The minimum Gasteiger partial charge on any atom is -0.492 e. The number of anilines is 1. The number of halogens is 3. The molecule has 0 radical (unpaired) electrons. The maximum Gasteiger partial charge on any atom is 0.573 e. The molecule has 0 heterocycles. The van der Waals surface area contributed by atoms with Gasteiger partial charge in [0.1, 0.15) is 18.1 Å². The van der Waals surface area contributed by atoms with Gasteiger partial charge < -0.3 is 34.3 Å². The van der Waals surface area contributed by atoms with Gasteiger partial charge in [0, 0.05) is 38.5 Å². The summed E-state index contributed by atoms with van der Waals surface area (Å²) in [5.74, 6) is -0.864. The Kier molecular flexibility index (Phi) is 13.4. The Bertz CT molecular complexity index is 1000. The summed E-state index contributed by atoms with van der Waals surface area (Å²) in [4.78, 5) is 25.7. The summed E-state index contributed by atoms with van der Waals surface area (Å²) in [6, 6.07) is 11.4. The van der Waals surface area contributed by atoms with Gasteiger partial charge in [-0.15, -0.1) is 13.2 Å². The molecule has 2 aromatic carbocycles. The topological polar surface area (TPSA) is 107 Å². The Morgan fingerprint density at radius 1 is 0.949 bits per heavy atom. The van der Waals surface area contributed by atoms with Crippen LogP contribution in [0.4, 0.5) is 23.7 Å². The van der Waals surface area contributed by atoms with Gasteiger partial charge in [-0.2, -0.15) is 0 Å². The number of ether oxygens (including phenoxy) is 4. The van der Waals surface area contributed by atoms with Gasteiger partial charge in [0.15, 0.2) is 6.10 Å². The van der Waals surface area contributed by atoms with E-state index in [4.69, 9.17) is 14.2 Å². The number of aliphatic carboxylic acids is 1. The third kappa shape index (κ3) is 12.7. The first-order valence-corrected chi connectivity index (χ1v) is 12.7. The number of carbonyl (C=O) groups excluding carboxylic acids is 1. The van der Waals surface area contributed by atoms with Gasteiger partial charge in [-0.3, -0.25) is 0 Å². The van der Waals surface area contributed by atoms with Crippen LogP contribution in [-0.4, -0.2) is 74.0 Å². The predicted octanol–water partition coefficient (Wildman–Crippen LogP) is 5.35. The molecule has 0 fully saturated rings. The van der Waals surface area contributed by atoms with E-state index in [0.717, 1.165) is 24.1 Å². The highest BCUT2D eigenvalue weighted by atomic mass is 19.4. The molecule has 0 saturated heterocycles. The fraction of sp³-hybridized carbons (Fsp3) is 0.481. The van der Waals surface area contributed by atoms with E-state index < -0.39 is 24.5 Å². The molecule has 0 aliphatic heterocycles. The molecule has 2 rings (SSSR count). The summed E-state index contributed by atoms with van der Waals surface area (Å²) < 4.78 is 57.5. The van der Waals surface area contributed by atoms with Gasteiger partial charge in [-0.1, -0.05) is 19.1 Å². The number of carbonyl (C=O) groups is 2. The van der Waals surface area contributed by atoms with E-state index in [9.17, 15) is 27.9 Å². The second-order valence-electron chi connectivity index (χ2n) is 8.43. The van der Waals surface area contributed by atoms with E-state index in [-0.39, 0.29) is 25.3 Å². The SMILES string of the molecule is CCCOCCCN(CCOc1ccc(CC(OCC)C(=O)O)cc1)C(=O)Nc1ccc(OC(F)(F)F)cc1. The minimum absolute atomic E-state index is 0.178. The molecule has 2 amide bonds. The molecule has 12 heteroatoms. The fourth-order valence-electron chi connectivity index (χ4n) is 3.49. The summed E-state index contributed by atoms with van der Waals surface area (Å²) in [5.41, 5.74) is 1.09. The van der Waals surface area contributed by atoms with Crippen molar-refractivity contribution in [1.82, 2.24) is 4.90 Å². The smallest absolute Gasteiger partial charge is 0.492 e. The molecule has 1 atom stereocenters. The second kappa shape index (κ2) is 16.5. The van der Waals surface area contributed by atoms with Crippen LogP contribution in [0.25, 0.3) is 0 Å². The number of amides is 2. The van der Waals surface area contributed by atoms with Crippen LogP contribution in [0.2, 0.25) is 0 Å². The lowest BCUT2D eigenvalue weighted by Crippen LogP contribution is -2.39. The van der Waals surface area contributed by atoms with Crippen LogP contribution >= 0.6 is 0 Å². The second-order valence-corrected chi connectivity index (χ2v) is 8.43. The van der Waals surface area contributed by atoms with Crippen molar-refractivity contribution in [3.8, 4) is 11.5 Å².